The summed E-state index contributed by atoms with van der Waals surface area (Å²) in [4.78, 5) is 0. The zero-order chi connectivity index (χ0) is 11.5. The number of ether oxygens (including phenoxy) is 1. The maximum Gasteiger partial charge on any atom is 0.152 e. The molecule has 5 heteroatoms. The molecule has 0 spiro atoms. The highest BCUT2D eigenvalue weighted by Gasteiger charge is 2.10. The molecule has 0 saturated heterocycles. The summed E-state index contributed by atoms with van der Waals surface area (Å²) in [6.45, 7) is 0. The van der Waals surface area contributed by atoms with E-state index in [1.54, 1.807) is 18.2 Å². The normalized spacial score (nSPS) is 10.4. The number of hydrogen-bond acceptors (Lipinski definition) is 4. The van der Waals surface area contributed by atoms with Crippen molar-refractivity contribution in [3.63, 3.8) is 0 Å². The first-order valence-corrected chi connectivity index (χ1v) is 5.17. The standard InChI is InChI=1S/C11H10ClNO3/c1-15-7-2-3-9(11(14)5-7)10-4-8(6-12)16-13-10/h2-5,14H,6H2,1H3. The second kappa shape index (κ2) is 4.45. The third-order valence-electron chi connectivity index (χ3n) is 2.17. The Labute approximate surface area is 97.4 Å². The van der Waals surface area contributed by atoms with Crippen LogP contribution in [0.4, 0.5) is 0 Å². The molecule has 0 aliphatic rings. The molecule has 1 aromatic heterocycles. The van der Waals surface area contributed by atoms with Crippen LogP contribution in [0, 0.1) is 0 Å². The van der Waals surface area contributed by atoms with Crippen molar-refractivity contribution in [1.82, 2.24) is 5.16 Å². The summed E-state index contributed by atoms with van der Waals surface area (Å²) in [6, 6.07) is 6.66. The molecule has 0 unspecified atom stereocenters. The van der Waals surface area contributed by atoms with E-state index in [1.807, 2.05) is 0 Å². The zero-order valence-corrected chi connectivity index (χ0v) is 9.36. The molecule has 1 aromatic carbocycles. The lowest BCUT2D eigenvalue weighted by atomic mass is 10.1. The van der Waals surface area contributed by atoms with E-state index in [2.05, 4.69) is 5.16 Å². The fourth-order valence-electron chi connectivity index (χ4n) is 1.36. The van der Waals surface area contributed by atoms with E-state index in [-0.39, 0.29) is 11.6 Å². The zero-order valence-electron chi connectivity index (χ0n) is 8.61. The number of rotatable bonds is 3. The second-order valence-electron chi connectivity index (χ2n) is 3.20. The number of benzene rings is 1. The summed E-state index contributed by atoms with van der Waals surface area (Å²) in [5, 5.41) is 13.6. The second-order valence-corrected chi connectivity index (χ2v) is 3.46. The fraction of sp³-hybridized carbons (Fsp3) is 0.182. The van der Waals surface area contributed by atoms with Crippen molar-refractivity contribution in [2.45, 2.75) is 5.88 Å². The third-order valence-corrected chi connectivity index (χ3v) is 2.43. The minimum absolute atomic E-state index is 0.0915. The Kier molecular flexibility index (Phi) is 3.01. The first-order chi connectivity index (χ1) is 7.74. The topological polar surface area (TPSA) is 55.5 Å². The van der Waals surface area contributed by atoms with Gasteiger partial charge in [0.25, 0.3) is 0 Å². The molecule has 2 aromatic rings. The van der Waals surface area contributed by atoms with Gasteiger partial charge in [-0.15, -0.1) is 11.6 Å². The van der Waals surface area contributed by atoms with Crippen molar-refractivity contribution in [2.75, 3.05) is 7.11 Å². The van der Waals surface area contributed by atoms with Crippen molar-refractivity contribution >= 4 is 11.6 Å². The van der Waals surface area contributed by atoms with Crippen molar-refractivity contribution in [2.24, 2.45) is 0 Å². The fourth-order valence-corrected chi connectivity index (χ4v) is 1.48. The van der Waals surface area contributed by atoms with Gasteiger partial charge in [0.2, 0.25) is 0 Å². The summed E-state index contributed by atoms with van der Waals surface area (Å²) in [5.41, 5.74) is 1.14. The predicted molar refractivity (Wildman–Crippen MR) is 59.7 cm³/mol. The van der Waals surface area contributed by atoms with Crippen LogP contribution >= 0.6 is 11.6 Å². The highest BCUT2D eigenvalue weighted by atomic mass is 35.5. The lowest BCUT2D eigenvalue weighted by molar-refractivity contribution is 0.395. The van der Waals surface area contributed by atoms with Gasteiger partial charge in [-0.25, -0.2) is 0 Å². The van der Waals surface area contributed by atoms with Crippen molar-refractivity contribution in [1.29, 1.82) is 0 Å². The largest absolute Gasteiger partial charge is 0.507 e. The molecule has 84 valence electrons. The third kappa shape index (κ3) is 1.97. The molecule has 0 radical (unpaired) electrons. The van der Waals surface area contributed by atoms with E-state index in [0.29, 0.717) is 22.8 Å². The van der Waals surface area contributed by atoms with Crippen LogP contribution in [0.3, 0.4) is 0 Å². The lowest BCUT2D eigenvalue weighted by Gasteiger charge is -2.03. The number of halogens is 1. The molecule has 1 heterocycles. The number of phenols is 1. The number of hydrogen-bond donors (Lipinski definition) is 1. The van der Waals surface area contributed by atoms with Crippen molar-refractivity contribution in [3.8, 4) is 22.8 Å². The lowest BCUT2D eigenvalue weighted by Crippen LogP contribution is -1.84. The average Bonchev–Trinajstić information content (AvgIpc) is 2.77. The highest BCUT2D eigenvalue weighted by molar-refractivity contribution is 6.16. The van der Waals surface area contributed by atoms with Crippen LogP contribution in [0.1, 0.15) is 5.76 Å². The van der Waals surface area contributed by atoms with E-state index >= 15 is 0 Å². The van der Waals surface area contributed by atoms with E-state index in [1.165, 1.54) is 13.2 Å². The number of methoxy groups -OCH3 is 1. The Balaban J connectivity index is 2.40. The van der Waals surface area contributed by atoms with Gasteiger partial charge in [0, 0.05) is 17.7 Å². The number of alkyl halides is 1. The first kappa shape index (κ1) is 10.8. The Bertz CT molecular complexity index is 496. The molecule has 0 aliphatic heterocycles. The first-order valence-electron chi connectivity index (χ1n) is 4.63. The minimum atomic E-state index is 0.0915. The van der Waals surface area contributed by atoms with Crippen LogP contribution in [-0.4, -0.2) is 17.4 Å². The van der Waals surface area contributed by atoms with Gasteiger partial charge in [-0.3, -0.25) is 0 Å². The monoisotopic (exact) mass is 239 g/mol. The molecule has 0 saturated carbocycles. The van der Waals surface area contributed by atoms with Gasteiger partial charge in [0.05, 0.1) is 13.0 Å². The van der Waals surface area contributed by atoms with Gasteiger partial charge in [-0.1, -0.05) is 5.16 Å². The Morgan fingerprint density at radius 2 is 2.25 bits per heavy atom. The number of aromatic hydroxyl groups is 1. The molecule has 0 bridgehead atoms. The van der Waals surface area contributed by atoms with E-state index in [0.717, 1.165) is 0 Å². The molecule has 1 N–H and O–H groups in total. The molecule has 0 fully saturated rings. The predicted octanol–water partition coefficient (Wildman–Crippen LogP) is 2.79. The van der Waals surface area contributed by atoms with Gasteiger partial charge in [-0.2, -0.15) is 0 Å². The van der Waals surface area contributed by atoms with Gasteiger partial charge in [0.15, 0.2) is 5.76 Å². The Morgan fingerprint density at radius 3 is 2.81 bits per heavy atom. The molecule has 0 amide bonds. The summed E-state index contributed by atoms with van der Waals surface area (Å²) in [6.07, 6.45) is 0. The van der Waals surface area contributed by atoms with Crippen LogP contribution in [0.15, 0.2) is 28.8 Å². The van der Waals surface area contributed by atoms with E-state index in [9.17, 15) is 5.11 Å². The SMILES string of the molecule is COc1ccc(-c2cc(CCl)on2)c(O)c1. The van der Waals surface area contributed by atoms with Gasteiger partial charge >= 0.3 is 0 Å². The van der Waals surface area contributed by atoms with Gasteiger partial charge < -0.3 is 14.4 Å². The molecular weight excluding hydrogens is 230 g/mol. The van der Waals surface area contributed by atoms with Crippen LogP contribution < -0.4 is 4.74 Å². The number of nitrogens with zero attached hydrogens (tertiary/aromatic N) is 1. The molecule has 0 atom stereocenters. The maximum absolute atomic E-state index is 9.76. The Morgan fingerprint density at radius 1 is 1.44 bits per heavy atom. The molecule has 0 aliphatic carbocycles. The van der Waals surface area contributed by atoms with E-state index < -0.39 is 0 Å². The quantitative estimate of drug-likeness (QED) is 0.837. The van der Waals surface area contributed by atoms with Crippen LogP contribution in [0.5, 0.6) is 11.5 Å². The van der Waals surface area contributed by atoms with Crippen LogP contribution in [-0.2, 0) is 5.88 Å². The summed E-state index contributed by atoms with van der Waals surface area (Å²) in [5.74, 6) is 1.49. The summed E-state index contributed by atoms with van der Waals surface area (Å²) >= 11 is 5.60. The van der Waals surface area contributed by atoms with Crippen molar-refractivity contribution < 1.29 is 14.4 Å². The summed E-state index contributed by atoms with van der Waals surface area (Å²) < 4.78 is 9.94. The molecule has 2 rings (SSSR count). The average molecular weight is 240 g/mol. The van der Waals surface area contributed by atoms with Crippen LogP contribution in [0.2, 0.25) is 0 Å². The Hall–Kier alpha value is -1.68. The highest BCUT2D eigenvalue weighted by Crippen LogP contribution is 2.32. The molecule has 16 heavy (non-hydrogen) atoms. The molecular formula is C11H10ClNO3. The number of phenolic OH excluding ortho intramolecular Hbond substituents is 1. The van der Waals surface area contributed by atoms with Crippen molar-refractivity contribution in [3.05, 3.63) is 30.0 Å². The molecule has 4 nitrogen and oxygen atoms in total. The van der Waals surface area contributed by atoms with Crippen LogP contribution in [0.25, 0.3) is 11.3 Å². The minimum Gasteiger partial charge on any atom is -0.507 e. The van der Waals surface area contributed by atoms with Gasteiger partial charge in [0.1, 0.15) is 17.2 Å². The van der Waals surface area contributed by atoms with Gasteiger partial charge in [-0.05, 0) is 12.1 Å². The maximum atomic E-state index is 9.76. The summed E-state index contributed by atoms with van der Waals surface area (Å²) in [7, 11) is 1.54. The van der Waals surface area contributed by atoms with E-state index in [4.69, 9.17) is 20.9 Å². The smallest absolute Gasteiger partial charge is 0.152 e. The number of aromatic nitrogens is 1.